The topological polar surface area (TPSA) is 101 Å². The van der Waals surface area contributed by atoms with E-state index in [0.29, 0.717) is 24.0 Å². The van der Waals surface area contributed by atoms with Gasteiger partial charge in [0.2, 0.25) is 5.89 Å². The van der Waals surface area contributed by atoms with Gasteiger partial charge in [0, 0.05) is 18.3 Å². The van der Waals surface area contributed by atoms with E-state index >= 15 is 0 Å². The summed E-state index contributed by atoms with van der Waals surface area (Å²) in [6, 6.07) is 0. The lowest BCUT2D eigenvalue weighted by atomic mass is 10.4. The number of aromatic carboxylic acids is 1. The molecule has 0 saturated carbocycles. The van der Waals surface area contributed by atoms with Crippen LogP contribution in [0.2, 0.25) is 0 Å². The Bertz CT molecular complexity index is 467. The zero-order valence-corrected chi connectivity index (χ0v) is 8.90. The lowest BCUT2D eigenvalue weighted by Crippen LogP contribution is -2.05. The van der Waals surface area contributed by atoms with E-state index in [9.17, 15) is 4.79 Å². The highest BCUT2D eigenvalue weighted by Crippen LogP contribution is 2.14. The number of aromatic nitrogens is 3. The number of carbonyl (C=O) groups is 1. The maximum atomic E-state index is 10.6. The highest BCUT2D eigenvalue weighted by Gasteiger charge is 2.08. The van der Waals surface area contributed by atoms with Crippen molar-refractivity contribution in [1.82, 2.24) is 15.1 Å². The molecule has 0 bridgehead atoms. The van der Waals surface area contributed by atoms with Gasteiger partial charge < -0.3 is 14.9 Å². The van der Waals surface area contributed by atoms with Crippen LogP contribution in [0, 0.1) is 0 Å². The van der Waals surface area contributed by atoms with Crippen LogP contribution in [-0.2, 0) is 6.42 Å². The van der Waals surface area contributed by atoms with E-state index in [-0.39, 0.29) is 5.69 Å². The van der Waals surface area contributed by atoms with Crippen LogP contribution in [0.4, 0.5) is 5.13 Å². The van der Waals surface area contributed by atoms with Crippen LogP contribution >= 0.6 is 11.3 Å². The van der Waals surface area contributed by atoms with E-state index < -0.39 is 5.97 Å². The molecule has 2 aromatic rings. The molecule has 0 aliphatic rings. The molecule has 2 N–H and O–H groups in total. The van der Waals surface area contributed by atoms with Crippen molar-refractivity contribution in [1.29, 1.82) is 0 Å². The number of hydrogen-bond acceptors (Lipinski definition) is 7. The number of nitrogens with one attached hydrogen (secondary N) is 1. The lowest BCUT2D eigenvalue weighted by Gasteiger charge is -1.97. The number of rotatable bonds is 5. The molecule has 8 heteroatoms. The Morgan fingerprint density at radius 2 is 2.50 bits per heavy atom. The minimum absolute atomic E-state index is 0.0466. The van der Waals surface area contributed by atoms with Crippen molar-refractivity contribution in [2.24, 2.45) is 0 Å². The smallest absolute Gasteiger partial charge is 0.355 e. The second kappa shape index (κ2) is 4.71. The molecular weight excluding hydrogens is 232 g/mol. The first-order chi connectivity index (χ1) is 7.75. The average Bonchev–Trinajstić information content (AvgIpc) is 2.87. The first-order valence-corrected chi connectivity index (χ1v) is 5.32. The van der Waals surface area contributed by atoms with Gasteiger partial charge in [0.1, 0.15) is 0 Å². The van der Waals surface area contributed by atoms with Gasteiger partial charge in [-0.05, 0) is 0 Å². The van der Waals surface area contributed by atoms with E-state index in [0.717, 1.165) is 0 Å². The summed E-state index contributed by atoms with van der Waals surface area (Å²) in [6.07, 6.45) is 1.91. The van der Waals surface area contributed by atoms with Crippen molar-refractivity contribution in [2.75, 3.05) is 11.9 Å². The largest absolute Gasteiger partial charge is 0.476 e. The predicted molar refractivity (Wildman–Crippen MR) is 55.6 cm³/mol. The summed E-state index contributed by atoms with van der Waals surface area (Å²) in [5.41, 5.74) is 0.0466. The van der Waals surface area contributed by atoms with Crippen molar-refractivity contribution in [2.45, 2.75) is 6.42 Å². The average molecular weight is 240 g/mol. The molecule has 0 radical (unpaired) electrons. The van der Waals surface area contributed by atoms with E-state index in [1.165, 1.54) is 23.0 Å². The molecule has 2 heterocycles. The SMILES string of the molecule is O=C(O)c1csc(NCCc2ncno2)n1. The number of anilines is 1. The van der Waals surface area contributed by atoms with Crippen LogP contribution in [0.15, 0.2) is 16.2 Å². The van der Waals surface area contributed by atoms with E-state index in [4.69, 9.17) is 9.63 Å². The summed E-state index contributed by atoms with van der Waals surface area (Å²) in [4.78, 5) is 18.3. The van der Waals surface area contributed by atoms with Gasteiger partial charge in [-0.3, -0.25) is 0 Å². The van der Waals surface area contributed by atoms with Gasteiger partial charge in [-0.1, -0.05) is 5.16 Å². The fourth-order valence-electron chi connectivity index (χ4n) is 1.04. The fourth-order valence-corrected chi connectivity index (χ4v) is 1.75. The third kappa shape index (κ3) is 2.54. The molecular formula is C8H8N4O3S. The first kappa shape index (κ1) is 10.6. The van der Waals surface area contributed by atoms with Gasteiger partial charge in [0.25, 0.3) is 0 Å². The number of hydrogen-bond donors (Lipinski definition) is 2. The highest BCUT2D eigenvalue weighted by molar-refractivity contribution is 7.13. The molecule has 0 unspecified atom stereocenters. The summed E-state index contributed by atoms with van der Waals surface area (Å²) in [7, 11) is 0. The molecule has 16 heavy (non-hydrogen) atoms. The molecule has 2 rings (SSSR count). The number of carboxylic acid groups (broad SMARTS) is 1. The second-order valence-electron chi connectivity index (χ2n) is 2.85. The normalized spacial score (nSPS) is 10.2. The van der Waals surface area contributed by atoms with Crippen LogP contribution in [0.25, 0.3) is 0 Å². The summed E-state index contributed by atoms with van der Waals surface area (Å²) in [5.74, 6) is -0.497. The van der Waals surface area contributed by atoms with Crippen LogP contribution in [0.5, 0.6) is 0 Å². The van der Waals surface area contributed by atoms with Crippen LogP contribution in [0.3, 0.4) is 0 Å². The van der Waals surface area contributed by atoms with Crippen molar-refractivity contribution in [3.05, 3.63) is 23.3 Å². The van der Waals surface area contributed by atoms with Gasteiger partial charge in [0.05, 0.1) is 0 Å². The second-order valence-corrected chi connectivity index (χ2v) is 3.71. The summed E-state index contributed by atoms with van der Waals surface area (Å²) >= 11 is 1.25. The van der Waals surface area contributed by atoms with E-state index in [1.54, 1.807) is 0 Å². The Morgan fingerprint density at radius 3 is 3.12 bits per heavy atom. The molecule has 7 nitrogen and oxygen atoms in total. The number of nitrogens with zero attached hydrogens (tertiary/aromatic N) is 3. The maximum absolute atomic E-state index is 10.6. The molecule has 0 aromatic carbocycles. The van der Waals surface area contributed by atoms with Crippen molar-refractivity contribution < 1.29 is 14.4 Å². The monoisotopic (exact) mass is 240 g/mol. The zero-order chi connectivity index (χ0) is 11.4. The third-order valence-electron chi connectivity index (χ3n) is 1.75. The van der Waals surface area contributed by atoms with Crippen molar-refractivity contribution in [3.63, 3.8) is 0 Å². The standard InChI is InChI=1S/C8H8N4O3S/c13-7(14)5-3-16-8(12-5)9-2-1-6-10-4-11-15-6/h3-4H,1-2H2,(H,9,12)(H,13,14). The minimum atomic E-state index is -1.03. The molecule has 0 fully saturated rings. The zero-order valence-electron chi connectivity index (χ0n) is 8.08. The lowest BCUT2D eigenvalue weighted by molar-refractivity contribution is 0.0691. The summed E-state index contributed by atoms with van der Waals surface area (Å²) in [5, 5.41) is 17.2. The molecule has 0 atom stereocenters. The quantitative estimate of drug-likeness (QED) is 0.799. The Kier molecular flexibility index (Phi) is 3.10. The van der Waals surface area contributed by atoms with Gasteiger partial charge in [-0.15, -0.1) is 11.3 Å². The van der Waals surface area contributed by atoms with Crippen LogP contribution < -0.4 is 5.32 Å². The fraction of sp³-hybridized carbons (Fsp3) is 0.250. The minimum Gasteiger partial charge on any atom is -0.476 e. The Morgan fingerprint density at radius 1 is 1.62 bits per heavy atom. The van der Waals surface area contributed by atoms with E-state index in [2.05, 4.69) is 20.4 Å². The number of carboxylic acids is 1. The molecule has 0 aliphatic carbocycles. The predicted octanol–water partition coefficient (Wildman–Crippen LogP) is 0.879. The summed E-state index contributed by atoms with van der Waals surface area (Å²) in [6.45, 7) is 0.564. The first-order valence-electron chi connectivity index (χ1n) is 4.44. The van der Waals surface area contributed by atoms with E-state index in [1.807, 2.05) is 0 Å². The Hall–Kier alpha value is -1.96. The van der Waals surface area contributed by atoms with Gasteiger partial charge >= 0.3 is 5.97 Å². The molecule has 0 aliphatic heterocycles. The van der Waals surface area contributed by atoms with Gasteiger partial charge in [-0.25, -0.2) is 9.78 Å². The molecule has 0 spiro atoms. The van der Waals surface area contributed by atoms with Crippen LogP contribution in [0.1, 0.15) is 16.4 Å². The van der Waals surface area contributed by atoms with Crippen LogP contribution in [-0.4, -0.2) is 32.7 Å². The van der Waals surface area contributed by atoms with Crippen molar-refractivity contribution >= 4 is 22.4 Å². The number of thiazole rings is 1. The molecule has 0 saturated heterocycles. The molecule has 2 aromatic heterocycles. The van der Waals surface area contributed by atoms with Crippen molar-refractivity contribution in [3.8, 4) is 0 Å². The van der Waals surface area contributed by atoms with Gasteiger partial charge in [0.15, 0.2) is 17.2 Å². The third-order valence-corrected chi connectivity index (χ3v) is 2.55. The maximum Gasteiger partial charge on any atom is 0.355 e. The highest BCUT2D eigenvalue weighted by atomic mass is 32.1. The molecule has 0 amide bonds. The summed E-state index contributed by atoms with van der Waals surface area (Å²) < 4.78 is 4.80. The Labute approximate surface area is 94.1 Å². The van der Waals surface area contributed by atoms with Gasteiger partial charge in [-0.2, -0.15) is 4.98 Å². The molecule has 84 valence electrons. The Balaban J connectivity index is 1.83.